The van der Waals surface area contributed by atoms with Gasteiger partial charge in [-0.1, -0.05) is 23.7 Å². The number of benzene rings is 2. The van der Waals surface area contributed by atoms with Gasteiger partial charge >= 0.3 is 0 Å². The van der Waals surface area contributed by atoms with E-state index in [1.165, 1.54) is 30.5 Å². The molecule has 30 heavy (non-hydrogen) atoms. The number of carbonyl (C=O) groups is 1. The lowest BCUT2D eigenvalue weighted by Gasteiger charge is -2.09. The molecule has 1 amide bonds. The number of nitriles is 1. The van der Waals surface area contributed by atoms with Crippen LogP contribution in [0.15, 0.2) is 65.7 Å². The fourth-order valence-electron chi connectivity index (χ4n) is 2.50. The molecule has 0 aliphatic rings. The maximum atomic E-state index is 12.3. The number of hydrogen-bond donors (Lipinski definition) is 1. The monoisotopic (exact) mass is 441 g/mol. The molecule has 1 heterocycles. The minimum atomic E-state index is -3.35. The summed E-state index contributed by atoms with van der Waals surface area (Å²) in [5, 5.41) is 12.0. The molecule has 0 saturated carbocycles. The molecular weight excluding hydrogens is 426 g/mol. The molecular formula is C21H16ClN3O4S. The van der Waals surface area contributed by atoms with Gasteiger partial charge in [0.25, 0.3) is 5.91 Å². The van der Waals surface area contributed by atoms with Gasteiger partial charge in [0.15, 0.2) is 9.84 Å². The van der Waals surface area contributed by atoms with E-state index in [1.54, 1.807) is 30.3 Å². The van der Waals surface area contributed by atoms with Gasteiger partial charge in [0.05, 0.1) is 22.1 Å². The van der Waals surface area contributed by atoms with E-state index in [4.69, 9.17) is 21.6 Å². The molecule has 1 N–H and O–H groups in total. The number of nitrogens with one attached hydrogen (secondary N) is 1. The Bertz CT molecular complexity index is 1240. The van der Waals surface area contributed by atoms with Crippen molar-refractivity contribution in [1.82, 2.24) is 10.3 Å². The van der Waals surface area contributed by atoms with Gasteiger partial charge in [-0.15, -0.1) is 0 Å². The number of carbonyl (C=O) groups excluding carboxylic acids is 1. The lowest BCUT2D eigenvalue weighted by Crippen LogP contribution is -2.23. The lowest BCUT2D eigenvalue weighted by molar-refractivity contribution is 0.0950. The highest BCUT2D eigenvalue weighted by Gasteiger charge is 2.11. The van der Waals surface area contributed by atoms with Gasteiger partial charge < -0.3 is 10.1 Å². The van der Waals surface area contributed by atoms with E-state index < -0.39 is 9.84 Å². The first-order chi connectivity index (χ1) is 14.3. The van der Waals surface area contributed by atoms with Gasteiger partial charge in [-0.2, -0.15) is 5.26 Å². The third kappa shape index (κ3) is 5.35. The minimum absolute atomic E-state index is 0.137. The second-order valence-corrected chi connectivity index (χ2v) is 8.76. The number of pyridine rings is 1. The summed E-state index contributed by atoms with van der Waals surface area (Å²) >= 11 is 6.11. The fraction of sp³-hybridized carbons (Fsp3) is 0.0952. The summed E-state index contributed by atoms with van der Waals surface area (Å²) < 4.78 is 28.8. The zero-order valence-electron chi connectivity index (χ0n) is 15.8. The van der Waals surface area contributed by atoms with Crippen molar-refractivity contribution >= 4 is 27.3 Å². The largest absolute Gasteiger partial charge is 0.439 e. The normalized spacial score (nSPS) is 10.8. The maximum Gasteiger partial charge on any atom is 0.253 e. The van der Waals surface area contributed by atoms with Crippen molar-refractivity contribution in [2.45, 2.75) is 11.4 Å². The molecule has 0 aliphatic heterocycles. The first-order valence-corrected chi connectivity index (χ1v) is 10.9. The number of sulfone groups is 1. The second kappa shape index (κ2) is 8.95. The quantitative estimate of drug-likeness (QED) is 0.624. The van der Waals surface area contributed by atoms with Gasteiger partial charge in [-0.3, -0.25) is 4.79 Å². The fourth-order valence-corrected chi connectivity index (χ4v) is 3.41. The topological polar surface area (TPSA) is 109 Å². The van der Waals surface area contributed by atoms with Gasteiger partial charge in [-0.25, -0.2) is 13.4 Å². The van der Waals surface area contributed by atoms with E-state index in [1.807, 2.05) is 6.07 Å². The van der Waals surface area contributed by atoms with Crippen molar-refractivity contribution in [3.05, 3.63) is 82.5 Å². The molecule has 1 aromatic heterocycles. The smallest absolute Gasteiger partial charge is 0.253 e. The predicted octanol–water partition coefficient (Wildman–Crippen LogP) is 3.73. The average Bonchev–Trinajstić information content (AvgIpc) is 2.72. The molecule has 0 saturated heterocycles. The third-order valence-corrected chi connectivity index (χ3v) is 5.54. The average molecular weight is 442 g/mol. The Labute approximate surface area is 178 Å². The molecule has 9 heteroatoms. The van der Waals surface area contributed by atoms with Crippen molar-refractivity contribution in [1.29, 1.82) is 5.26 Å². The molecule has 3 rings (SSSR count). The number of nitrogens with zero attached hydrogens (tertiary/aromatic N) is 2. The van der Waals surface area contributed by atoms with Crippen LogP contribution >= 0.6 is 11.6 Å². The number of halogens is 1. The van der Waals surface area contributed by atoms with Gasteiger partial charge in [0, 0.05) is 30.1 Å². The number of aromatic nitrogens is 1. The molecule has 0 atom stereocenters. The highest BCUT2D eigenvalue weighted by atomic mass is 35.5. The Morgan fingerprint density at radius 3 is 2.63 bits per heavy atom. The summed E-state index contributed by atoms with van der Waals surface area (Å²) in [6, 6.07) is 15.9. The van der Waals surface area contributed by atoms with Crippen molar-refractivity contribution in [3.63, 3.8) is 0 Å². The van der Waals surface area contributed by atoms with E-state index in [0.717, 1.165) is 6.26 Å². The van der Waals surface area contributed by atoms with Gasteiger partial charge in [-0.05, 0) is 42.0 Å². The van der Waals surface area contributed by atoms with Gasteiger partial charge in [0.1, 0.15) is 5.75 Å². The molecule has 0 unspecified atom stereocenters. The third-order valence-electron chi connectivity index (χ3n) is 4.08. The van der Waals surface area contributed by atoms with Crippen molar-refractivity contribution < 1.29 is 17.9 Å². The van der Waals surface area contributed by atoms with Crippen LogP contribution in [0.3, 0.4) is 0 Å². The van der Waals surface area contributed by atoms with Crippen LogP contribution in [0, 0.1) is 11.3 Å². The number of amides is 1. The summed E-state index contributed by atoms with van der Waals surface area (Å²) in [6.07, 6.45) is 2.47. The van der Waals surface area contributed by atoms with E-state index >= 15 is 0 Å². The van der Waals surface area contributed by atoms with Crippen LogP contribution in [0.4, 0.5) is 0 Å². The van der Waals surface area contributed by atoms with E-state index in [2.05, 4.69) is 10.3 Å². The van der Waals surface area contributed by atoms with Crippen LogP contribution in [0.1, 0.15) is 21.5 Å². The van der Waals surface area contributed by atoms with E-state index in [0.29, 0.717) is 27.5 Å². The van der Waals surface area contributed by atoms with Crippen LogP contribution in [0.2, 0.25) is 5.02 Å². The van der Waals surface area contributed by atoms with Crippen LogP contribution in [0.25, 0.3) is 0 Å². The van der Waals surface area contributed by atoms with Crippen molar-refractivity contribution in [2.24, 2.45) is 0 Å². The summed E-state index contributed by atoms with van der Waals surface area (Å²) in [5.74, 6) is 0.180. The Morgan fingerprint density at radius 2 is 2.00 bits per heavy atom. The zero-order valence-corrected chi connectivity index (χ0v) is 17.4. The molecule has 2 aromatic carbocycles. The molecule has 0 fully saturated rings. The first-order valence-electron chi connectivity index (χ1n) is 8.67. The Kier molecular flexibility index (Phi) is 6.35. The molecule has 7 nitrogen and oxygen atoms in total. The van der Waals surface area contributed by atoms with Crippen molar-refractivity contribution in [2.75, 3.05) is 6.26 Å². The minimum Gasteiger partial charge on any atom is -0.439 e. The Balaban J connectivity index is 1.64. The zero-order chi connectivity index (χ0) is 21.7. The standard InChI is InChI=1S/C21H16ClN3O4S/c1-30(27,28)18-4-2-3-17(10-18)29-20-8-7-16(13-24-20)21(26)25-12-15-6-5-14(11-23)9-19(15)22/h2-10,13H,12H2,1H3,(H,25,26). The molecule has 152 valence electrons. The number of rotatable bonds is 6. The van der Waals surface area contributed by atoms with E-state index in [-0.39, 0.29) is 23.2 Å². The summed E-state index contributed by atoms with van der Waals surface area (Å²) in [4.78, 5) is 16.5. The molecule has 0 spiro atoms. The number of hydrogen-bond acceptors (Lipinski definition) is 6. The lowest BCUT2D eigenvalue weighted by atomic mass is 10.1. The molecule has 0 aliphatic carbocycles. The van der Waals surface area contributed by atoms with Crippen LogP contribution in [-0.2, 0) is 16.4 Å². The highest BCUT2D eigenvalue weighted by molar-refractivity contribution is 7.90. The SMILES string of the molecule is CS(=O)(=O)c1cccc(Oc2ccc(C(=O)NCc3ccc(C#N)cc3Cl)cn2)c1. The second-order valence-electron chi connectivity index (χ2n) is 6.33. The predicted molar refractivity (Wildman–Crippen MR) is 111 cm³/mol. The van der Waals surface area contributed by atoms with Crippen LogP contribution in [0.5, 0.6) is 11.6 Å². The summed E-state index contributed by atoms with van der Waals surface area (Å²) in [6.45, 7) is 0.194. The first kappa shape index (κ1) is 21.3. The van der Waals surface area contributed by atoms with Crippen molar-refractivity contribution in [3.8, 4) is 17.7 Å². The van der Waals surface area contributed by atoms with Crippen LogP contribution in [-0.4, -0.2) is 25.6 Å². The summed E-state index contributed by atoms with van der Waals surface area (Å²) in [5.41, 5.74) is 1.44. The highest BCUT2D eigenvalue weighted by Crippen LogP contribution is 2.23. The molecule has 0 bridgehead atoms. The maximum absolute atomic E-state index is 12.3. The Hall–Kier alpha value is -3.41. The van der Waals surface area contributed by atoms with Gasteiger partial charge in [0.2, 0.25) is 5.88 Å². The molecule has 3 aromatic rings. The summed E-state index contributed by atoms with van der Waals surface area (Å²) in [7, 11) is -3.35. The number of ether oxygens (including phenoxy) is 1. The van der Waals surface area contributed by atoms with E-state index in [9.17, 15) is 13.2 Å². The molecule has 0 radical (unpaired) electrons. The van der Waals surface area contributed by atoms with Crippen LogP contribution < -0.4 is 10.1 Å². The Morgan fingerprint density at radius 1 is 1.20 bits per heavy atom.